The van der Waals surface area contributed by atoms with Crippen molar-refractivity contribution in [1.82, 2.24) is 0 Å². The lowest BCUT2D eigenvalue weighted by molar-refractivity contribution is -0.855. The van der Waals surface area contributed by atoms with Crippen molar-refractivity contribution in [3.05, 3.63) is 35.9 Å². The minimum atomic E-state index is -0.553. The molecule has 1 saturated heterocycles. The van der Waals surface area contributed by atoms with Gasteiger partial charge < -0.3 is 11.5 Å². The summed E-state index contributed by atoms with van der Waals surface area (Å²) in [5.41, 5.74) is 11.8. The van der Waals surface area contributed by atoms with Crippen molar-refractivity contribution in [3.63, 3.8) is 0 Å². The van der Waals surface area contributed by atoms with Crippen LogP contribution < -0.4 is 11.5 Å². The maximum absolute atomic E-state index is 13.1. The number of quaternary nitrogens is 1. The number of primary amides is 1. The molecule has 5 nitrogen and oxygen atoms in total. The van der Waals surface area contributed by atoms with Crippen LogP contribution in [0.2, 0.25) is 0 Å². The van der Waals surface area contributed by atoms with Crippen LogP contribution in [0.4, 0.5) is 0 Å². The van der Waals surface area contributed by atoms with E-state index in [0.717, 1.165) is 6.42 Å². The first-order chi connectivity index (χ1) is 9.76. The van der Waals surface area contributed by atoms with E-state index in [1.54, 1.807) is 12.1 Å². The van der Waals surface area contributed by atoms with Crippen LogP contribution in [0.1, 0.15) is 37.0 Å². The van der Waals surface area contributed by atoms with Gasteiger partial charge in [-0.1, -0.05) is 18.2 Å². The Morgan fingerprint density at radius 3 is 2.43 bits per heavy atom. The number of carbonyl (C=O) groups excluding carboxylic acids is 2. The number of benzene rings is 1. The minimum Gasteiger partial charge on any atom is -0.364 e. The van der Waals surface area contributed by atoms with E-state index in [1.165, 1.54) is 0 Å². The Labute approximate surface area is 125 Å². The van der Waals surface area contributed by atoms with Gasteiger partial charge in [-0.15, -0.1) is 0 Å². The zero-order chi connectivity index (χ0) is 15.7. The lowest BCUT2D eigenvalue weighted by Crippen LogP contribution is -2.65. The molecule has 0 aliphatic carbocycles. The Bertz CT molecular complexity index is 536. The zero-order valence-electron chi connectivity index (χ0n) is 12.7. The molecule has 21 heavy (non-hydrogen) atoms. The van der Waals surface area contributed by atoms with Crippen LogP contribution in [0.15, 0.2) is 30.3 Å². The third kappa shape index (κ3) is 3.14. The summed E-state index contributed by atoms with van der Waals surface area (Å²) in [6.45, 7) is 4.78. The van der Waals surface area contributed by atoms with Gasteiger partial charge in [-0.25, -0.2) is 9.28 Å². The first-order valence-corrected chi connectivity index (χ1v) is 7.31. The number of nitrogens with zero attached hydrogens (tertiary/aromatic N) is 1. The molecule has 0 aromatic heterocycles. The molecule has 4 N–H and O–H groups in total. The zero-order valence-corrected chi connectivity index (χ0v) is 12.7. The van der Waals surface area contributed by atoms with Gasteiger partial charge in [-0.2, -0.15) is 0 Å². The molecule has 1 unspecified atom stereocenters. The van der Waals surface area contributed by atoms with E-state index in [1.807, 2.05) is 32.0 Å². The number of amides is 2. The van der Waals surface area contributed by atoms with Gasteiger partial charge in [-0.3, -0.25) is 4.79 Å². The summed E-state index contributed by atoms with van der Waals surface area (Å²) in [6.07, 6.45) is 1.45. The Morgan fingerprint density at radius 2 is 1.90 bits per heavy atom. The summed E-state index contributed by atoms with van der Waals surface area (Å²) in [5, 5.41) is 0. The Balaban J connectivity index is 2.46. The van der Waals surface area contributed by atoms with Crippen molar-refractivity contribution in [2.45, 2.75) is 38.3 Å². The topological polar surface area (TPSA) is 86.2 Å². The number of hydrogen-bond donors (Lipinski definition) is 2. The molecule has 0 bridgehead atoms. The van der Waals surface area contributed by atoms with Gasteiger partial charge in [0.15, 0.2) is 6.04 Å². The highest BCUT2D eigenvalue weighted by Gasteiger charge is 2.53. The third-order valence-electron chi connectivity index (χ3n) is 4.07. The van der Waals surface area contributed by atoms with Crippen LogP contribution in [-0.4, -0.2) is 41.0 Å². The largest absolute Gasteiger partial charge is 0.364 e. The molecule has 2 amide bonds. The summed E-state index contributed by atoms with van der Waals surface area (Å²) >= 11 is 0. The van der Waals surface area contributed by atoms with Crippen LogP contribution in [0.3, 0.4) is 0 Å². The fraction of sp³-hybridized carbons (Fsp3) is 0.500. The van der Waals surface area contributed by atoms with Crippen LogP contribution in [-0.2, 0) is 4.79 Å². The molecular formula is C16H24N3O2+. The van der Waals surface area contributed by atoms with E-state index in [0.29, 0.717) is 25.1 Å². The SMILES string of the molecule is CC(C)(N)C[N+]1(C(=O)c2ccccc2)CCC[C@H]1C(N)=O. The summed E-state index contributed by atoms with van der Waals surface area (Å²) in [7, 11) is 0. The number of nitrogens with two attached hydrogens (primary N) is 2. The van der Waals surface area contributed by atoms with Gasteiger partial charge in [0.25, 0.3) is 5.91 Å². The summed E-state index contributed by atoms with van der Waals surface area (Å²) in [6, 6.07) is 8.59. The minimum absolute atomic E-state index is 0.0445. The number of carbonyl (C=O) groups is 2. The lowest BCUT2D eigenvalue weighted by Gasteiger charge is -2.40. The molecule has 2 atom stereocenters. The second-order valence-corrected chi connectivity index (χ2v) is 6.64. The average molecular weight is 290 g/mol. The van der Waals surface area contributed by atoms with Gasteiger partial charge in [0, 0.05) is 12.8 Å². The van der Waals surface area contributed by atoms with E-state index < -0.39 is 17.5 Å². The smallest absolute Gasteiger partial charge is 0.346 e. The van der Waals surface area contributed by atoms with E-state index in [4.69, 9.17) is 11.5 Å². The molecular weight excluding hydrogens is 266 g/mol. The average Bonchev–Trinajstić information content (AvgIpc) is 2.81. The number of rotatable bonds is 4. The molecule has 0 spiro atoms. The van der Waals surface area contributed by atoms with E-state index >= 15 is 0 Å². The molecule has 114 valence electrons. The Morgan fingerprint density at radius 1 is 1.29 bits per heavy atom. The second kappa shape index (κ2) is 5.58. The Kier molecular flexibility index (Phi) is 4.16. The number of hydrogen-bond acceptors (Lipinski definition) is 3. The normalized spacial score (nSPS) is 25.8. The summed E-state index contributed by atoms with van der Waals surface area (Å²) in [4.78, 5) is 24.9. The molecule has 1 heterocycles. The van der Waals surface area contributed by atoms with Gasteiger partial charge in [-0.05, 0) is 26.0 Å². The van der Waals surface area contributed by atoms with Crippen LogP contribution >= 0.6 is 0 Å². The maximum Gasteiger partial charge on any atom is 0.346 e. The molecule has 1 aliphatic heterocycles. The molecule has 5 heteroatoms. The fourth-order valence-electron chi connectivity index (χ4n) is 3.42. The van der Waals surface area contributed by atoms with Crippen molar-refractivity contribution in [2.24, 2.45) is 11.5 Å². The number of likely N-dealkylation sites (tertiary alicyclic amines) is 1. The van der Waals surface area contributed by atoms with Crippen LogP contribution in [0.5, 0.6) is 0 Å². The monoisotopic (exact) mass is 290 g/mol. The standard InChI is InChI=1S/C16H23N3O2/c1-16(2,18)11-19(10-6-9-13(19)14(17)20)15(21)12-7-4-3-5-8-12/h3-5,7-8,13H,6,9-11,18H2,1-2H3,(H-,17,20)/p+1/t13-,19?/m0/s1. The molecule has 1 fully saturated rings. The van der Waals surface area contributed by atoms with E-state index in [9.17, 15) is 9.59 Å². The van der Waals surface area contributed by atoms with Gasteiger partial charge in [0.2, 0.25) is 0 Å². The van der Waals surface area contributed by atoms with Gasteiger partial charge >= 0.3 is 5.91 Å². The summed E-state index contributed by atoms with van der Waals surface area (Å²) < 4.78 is 0.0445. The van der Waals surface area contributed by atoms with Gasteiger partial charge in [0.05, 0.1) is 17.6 Å². The van der Waals surface area contributed by atoms with Crippen LogP contribution in [0.25, 0.3) is 0 Å². The molecule has 2 rings (SSSR count). The lowest BCUT2D eigenvalue weighted by atomic mass is 10.0. The summed E-state index contributed by atoms with van der Waals surface area (Å²) in [5.74, 6) is -0.476. The molecule has 1 aromatic carbocycles. The van der Waals surface area contributed by atoms with Crippen molar-refractivity contribution in [1.29, 1.82) is 0 Å². The van der Waals surface area contributed by atoms with E-state index in [2.05, 4.69) is 0 Å². The highest BCUT2D eigenvalue weighted by molar-refractivity contribution is 5.91. The Hall–Kier alpha value is -1.72. The van der Waals surface area contributed by atoms with Crippen molar-refractivity contribution in [2.75, 3.05) is 13.1 Å². The molecule has 0 saturated carbocycles. The van der Waals surface area contributed by atoms with Crippen molar-refractivity contribution >= 4 is 11.8 Å². The molecule has 1 aliphatic rings. The quantitative estimate of drug-likeness (QED) is 0.812. The second-order valence-electron chi connectivity index (χ2n) is 6.64. The molecule has 0 radical (unpaired) electrons. The molecule has 1 aromatic rings. The first kappa shape index (κ1) is 15.7. The highest BCUT2D eigenvalue weighted by atomic mass is 16.2. The third-order valence-corrected chi connectivity index (χ3v) is 4.07. The maximum atomic E-state index is 13.1. The van der Waals surface area contributed by atoms with Gasteiger partial charge in [0.1, 0.15) is 6.54 Å². The van der Waals surface area contributed by atoms with Crippen LogP contribution in [0, 0.1) is 0 Å². The predicted octanol–water partition coefficient (Wildman–Crippen LogP) is 1.03. The highest BCUT2D eigenvalue weighted by Crippen LogP contribution is 2.31. The van der Waals surface area contributed by atoms with Crippen molar-refractivity contribution < 1.29 is 14.1 Å². The predicted molar refractivity (Wildman–Crippen MR) is 81.2 cm³/mol. The fourth-order valence-corrected chi connectivity index (χ4v) is 3.42. The van der Waals surface area contributed by atoms with E-state index in [-0.39, 0.29) is 10.4 Å². The first-order valence-electron chi connectivity index (χ1n) is 7.31. The van der Waals surface area contributed by atoms with Crippen molar-refractivity contribution in [3.8, 4) is 0 Å².